The van der Waals surface area contributed by atoms with Crippen molar-refractivity contribution >= 4 is 5.97 Å². The number of hydrogen-bond acceptors (Lipinski definition) is 6. The number of benzene rings is 1. The lowest BCUT2D eigenvalue weighted by Crippen LogP contribution is -2.17. The number of hydrogen-bond donors (Lipinski definition) is 4. The molecule has 0 aliphatic carbocycles. The maximum absolute atomic E-state index is 11.2. The van der Waals surface area contributed by atoms with Gasteiger partial charge >= 0.3 is 5.97 Å². The van der Waals surface area contributed by atoms with Gasteiger partial charge in [-0.3, -0.25) is 4.79 Å². The molecule has 6 nitrogen and oxygen atoms in total. The molecule has 1 aromatic rings. The zero-order valence-electron chi connectivity index (χ0n) is 9.38. The first kappa shape index (κ1) is 13.1. The molecule has 0 spiro atoms. The number of esters is 1. The fraction of sp³-hybridized carbons (Fsp3) is 0.364. The van der Waals surface area contributed by atoms with E-state index < -0.39 is 11.9 Å². The fourth-order valence-corrected chi connectivity index (χ4v) is 1.61. The van der Waals surface area contributed by atoms with Gasteiger partial charge in [-0.2, -0.15) is 0 Å². The number of phenolic OH excluding ortho intramolecular Hbond substituents is 3. The maximum Gasteiger partial charge on any atom is 0.306 e. The van der Waals surface area contributed by atoms with Crippen molar-refractivity contribution in [3.63, 3.8) is 0 Å². The minimum absolute atomic E-state index is 0.0565. The van der Waals surface area contributed by atoms with Gasteiger partial charge in [-0.25, -0.2) is 0 Å². The summed E-state index contributed by atoms with van der Waals surface area (Å²) < 4.78 is 4.50. The predicted octanol–water partition coefficient (Wildman–Crippen LogP) is 0.409. The summed E-state index contributed by atoms with van der Waals surface area (Å²) in [7, 11) is 1.24. The van der Waals surface area contributed by atoms with Crippen molar-refractivity contribution < 1.29 is 24.9 Å². The van der Waals surface area contributed by atoms with E-state index in [0.717, 1.165) is 12.1 Å². The van der Waals surface area contributed by atoms with Crippen molar-refractivity contribution in [2.24, 2.45) is 5.73 Å². The summed E-state index contributed by atoms with van der Waals surface area (Å²) in [5.74, 6) is -1.93. The standard InChI is InChI=1S/C11H15NO5/c1-17-10(16)2-6(5-12)11-8(14)3-7(13)4-9(11)15/h3-4,6,13-15H,2,5,12H2,1H3. The normalized spacial score (nSPS) is 12.1. The Hall–Kier alpha value is -1.95. The van der Waals surface area contributed by atoms with Crippen LogP contribution in [0.15, 0.2) is 12.1 Å². The molecule has 0 saturated carbocycles. The third kappa shape index (κ3) is 3.01. The van der Waals surface area contributed by atoms with E-state index in [9.17, 15) is 15.0 Å². The van der Waals surface area contributed by atoms with Crippen molar-refractivity contribution in [2.75, 3.05) is 13.7 Å². The first-order valence-corrected chi connectivity index (χ1v) is 5.01. The summed E-state index contributed by atoms with van der Waals surface area (Å²) in [5.41, 5.74) is 5.63. The molecule has 1 rings (SSSR count). The molecule has 6 heteroatoms. The lowest BCUT2D eigenvalue weighted by Gasteiger charge is -2.16. The largest absolute Gasteiger partial charge is 0.508 e. The highest BCUT2D eigenvalue weighted by Gasteiger charge is 2.22. The highest BCUT2D eigenvalue weighted by Crippen LogP contribution is 2.38. The number of phenols is 3. The van der Waals surface area contributed by atoms with Crippen LogP contribution in [-0.4, -0.2) is 34.9 Å². The number of carbonyl (C=O) groups excluding carboxylic acids is 1. The van der Waals surface area contributed by atoms with Crippen LogP contribution < -0.4 is 5.73 Å². The number of aromatic hydroxyl groups is 3. The molecule has 0 heterocycles. The maximum atomic E-state index is 11.2. The van der Waals surface area contributed by atoms with Gasteiger partial charge in [0.25, 0.3) is 0 Å². The quantitative estimate of drug-likeness (QED) is 0.568. The first-order chi connectivity index (χ1) is 7.99. The smallest absolute Gasteiger partial charge is 0.306 e. The highest BCUT2D eigenvalue weighted by atomic mass is 16.5. The van der Waals surface area contributed by atoms with Crippen LogP contribution in [0.1, 0.15) is 17.9 Å². The van der Waals surface area contributed by atoms with E-state index in [2.05, 4.69) is 4.74 Å². The lowest BCUT2D eigenvalue weighted by atomic mass is 9.94. The van der Waals surface area contributed by atoms with Crippen LogP contribution in [0.25, 0.3) is 0 Å². The summed E-state index contributed by atoms with van der Waals surface area (Å²) in [6.07, 6.45) is -0.0567. The van der Waals surface area contributed by atoms with E-state index >= 15 is 0 Å². The Labute approximate surface area is 98.3 Å². The second-order valence-electron chi connectivity index (χ2n) is 3.61. The molecule has 0 aliphatic heterocycles. The SMILES string of the molecule is COC(=O)CC(CN)c1c(O)cc(O)cc1O. The molecule has 1 aromatic carbocycles. The fourth-order valence-electron chi connectivity index (χ4n) is 1.61. The van der Waals surface area contributed by atoms with Gasteiger partial charge in [0.05, 0.1) is 13.5 Å². The average Bonchev–Trinajstić information content (AvgIpc) is 2.25. The van der Waals surface area contributed by atoms with E-state index in [1.165, 1.54) is 7.11 Å². The number of carbonyl (C=O) groups is 1. The van der Waals surface area contributed by atoms with E-state index in [-0.39, 0.29) is 35.8 Å². The molecule has 0 amide bonds. The van der Waals surface area contributed by atoms with Crippen molar-refractivity contribution in [3.8, 4) is 17.2 Å². The second-order valence-corrected chi connectivity index (χ2v) is 3.61. The van der Waals surface area contributed by atoms with Crippen molar-refractivity contribution in [1.29, 1.82) is 0 Å². The zero-order chi connectivity index (χ0) is 13.0. The third-order valence-electron chi connectivity index (χ3n) is 2.45. The predicted molar refractivity (Wildman–Crippen MR) is 59.9 cm³/mol. The zero-order valence-corrected chi connectivity index (χ0v) is 9.38. The van der Waals surface area contributed by atoms with Crippen LogP contribution in [0.4, 0.5) is 0 Å². The van der Waals surface area contributed by atoms with Crippen molar-refractivity contribution in [3.05, 3.63) is 17.7 Å². The number of nitrogens with two attached hydrogens (primary N) is 1. The van der Waals surface area contributed by atoms with Crippen LogP contribution in [0.5, 0.6) is 17.2 Å². The van der Waals surface area contributed by atoms with Crippen LogP contribution in [0.3, 0.4) is 0 Å². The van der Waals surface area contributed by atoms with Gasteiger partial charge in [0.1, 0.15) is 17.2 Å². The van der Waals surface area contributed by atoms with Crippen molar-refractivity contribution in [1.82, 2.24) is 0 Å². The molecular weight excluding hydrogens is 226 g/mol. The number of ether oxygens (including phenoxy) is 1. The molecule has 17 heavy (non-hydrogen) atoms. The van der Waals surface area contributed by atoms with Gasteiger partial charge < -0.3 is 25.8 Å². The van der Waals surface area contributed by atoms with Gasteiger partial charge in [-0.1, -0.05) is 0 Å². The Kier molecular flexibility index (Phi) is 4.17. The molecular formula is C11H15NO5. The van der Waals surface area contributed by atoms with Crippen LogP contribution in [-0.2, 0) is 9.53 Å². The molecule has 0 bridgehead atoms. The topological polar surface area (TPSA) is 113 Å². The van der Waals surface area contributed by atoms with Crippen LogP contribution >= 0.6 is 0 Å². The Morgan fingerprint density at radius 3 is 2.29 bits per heavy atom. The van der Waals surface area contributed by atoms with E-state index in [4.69, 9.17) is 10.8 Å². The minimum atomic E-state index is -0.567. The molecule has 0 saturated heterocycles. The third-order valence-corrected chi connectivity index (χ3v) is 2.45. The minimum Gasteiger partial charge on any atom is -0.508 e. The number of methoxy groups -OCH3 is 1. The monoisotopic (exact) mass is 241 g/mol. The van der Waals surface area contributed by atoms with Crippen LogP contribution in [0.2, 0.25) is 0 Å². The van der Waals surface area contributed by atoms with Gasteiger partial charge in [0.2, 0.25) is 0 Å². The highest BCUT2D eigenvalue weighted by molar-refractivity contribution is 5.71. The van der Waals surface area contributed by atoms with E-state index in [1.54, 1.807) is 0 Å². The van der Waals surface area contributed by atoms with E-state index in [1.807, 2.05) is 0 Å². The number of rotatable bonds is 4. The summed E-state index contributed by atoms with van der Waals surface area (Å²) >= 11 is 0. The summed E-state index contributed by atoms with van der Waals surface area (Å²) in [6.45, 7) is 0.0565. The average molecular weight is 241 g/mol. The molecule has 0 fully saturated rings. The Bertz CT molecular complexity index is 395. The molecule has 0 aromatic heterocycles. The van der Waals surface area contributed by atoms with Crippen LogP contribution in [0, 0.1) is 0 Å². The molecule has 94 valence electrons. The summed E-state index contributed by atoms with van der Waals surface area (Å²) in [6, 6.07) is 2.16. The van der Waals surface area contributed by atoms with Gasteiger partial charge in [-0.05, 0) is 0 Å². The second kappa shape index (κ2) is 5.40. The molecule has 1 atom stereocenters. The van der Waals surface area contributed by atoms with E-state index in [0.29, 0.717) is 0 Å². The molecule has 0 aliphatic rings. The lowest BCUT2D eigenvalue weighted by molar-refractivity contribution is -0.141. The molecule has 5 N–H and O–H groups in total. The van der Waals surface area contributed by atoms with Crippen molar-refractivity contribution in [2.45, 2.75) is 12.3 Å². The Morgan fingerprint density at radius 1 is 1.35 bits per heavy atom. The molecule has 1 unspecified atom stereocenters. The summed E-state index contributed by atoms with van der Waals surface area (Å²) in [5, 5.41) is 28.4. The summed E-state index contributed by atoms with van der Waals surface area (Å²) in [4.78, 5) is 11.2. The molecule has 0 radical (unpaired) electrons. The van der Waals surface area contributed by atoms with Gasteiger partial charge in [-0.15, -0.1) is 0 Å². The Morgan fingerprint density at radius 2 is 1.88 bits per heavy atom. The Balaban J connectivity index is 3.07. The van der Waals surface area contributed by atoms with Gasteiger partial charge in [0, 0.05) is 30.2 Å². The van der Waals surface area contributed by atoms with Gasteiger partial charge in [0.15, 0.2) is 0 Å². The first-order valence-electron chi connectivity index (χ1n) is 5.01.